The molecule has 0 unspecified atom stereocenters. The number of hydrogen-bond donors (Lipinski definition) is 1. The number of hydrogen-bond acceptors (Lipinski definition) is 4. The summed E-state index contributed by atoms with van der Waals surface area (Å²) in [5.74, 6) is -0.565. The molecule has 0 aliphatic carbocycles. The van der Waals surface area contributed by atoms with Crippen molar-refractivity contribution in [2.24, 2.45) is 0 Å². The Morgan fingerprint density at radius 2 is 2.00 bits per heavy atom. The first-order valence-electron chi connectivity index (χ1n) is 5.73. The maximum Gasteiger partial charge on any atom is 0.348 e. The Balaban J connectivity index is 2.08. The lowest BCUT2D eigenvalue weighted by Gasteiger charge is -2.08. The average Bonchev–Trinajstić information content (AvgIpc) is 2.98. The van der Waals surface area contributed by atoms with Crippen LogP contribution in [0.5, 0.6) is 0 Å². The van der Waals surface area contributed by atoms with Crippen molar-refractivity contribution in [3.05, 3.63) is 57.8 Å². The first-order valence-corrected chi connectivity index (χ1v) is 6.61. The van der Waals surface area contributed by atoms with Crippen molar-refractivity contribution in [3.63, 3.8) is 0 Å². The third-order valence-corrected chi connectivity index (χ3v) is 3.42. The maximum atomic E-state index is 11.7. The van der Waals surface area contributed by atoms with Crippen LogP contribution in [0, 0.1) is 0 Å². The second-order valence-electron chi connectivity index (χ2n) is 3.79. The van der Waals surface area contributed by atoms with Crippen molar-refractivity contribution in [1.29, 1.82) is 0 Å². The monoisotopic (exact) mass is 275 g/mol. The molecular formula is C14H13NO3S. The van der Waals surface area contributed by atoms with Crippen LogP contribution in [0.1, 0.15) is 25.6 Å². The molecule has 19 heavy (non-hydrogen) atoms. The first-order chi connectivity index (χ1) is 9.22. The number of amides is 1. The van der Waals surface area contributed by atoms with Gasteiger partial charge < -0.3 is 10.1 Å². The van der Waals surface area contributed by atoms with E-state index in [-0.39, 0.29) is 18.5 Å². The minimum atomic E-state index is -0.373. The highest BCUT2D eigenvalue weighted by Crippen LogP contribution is 2.14. The van der Waals surface area contributed by atoms with E-state index in [1.54, 1.807) is 43.4 Å². The molecule has 0 atom stereocenters. The molecule has 5 heteroatoms. The van der Waals surface area contributed by atoms with Crippen LogP contribution in [0.4, 0.5) is 0 Å². The molecule has 0 radical (unpaired) electrons. The number of ether oxygens (including phenoxy) is 1. The van der Waals surface area contributed by atoms with Gasteiger partial charge in [-0.25, -0.2) is 4.79 Å². The highest BCUT2D eigenvalue weighted by atomic mass is 32.1. The fourth-order valence-corrected chi connectivity index (χ4v) is 2.23. The zero-order chi connectivity index (χ0) is 13.7. The molecule has 2 rings (SSSR count). The van der Waals surface area contributed by atoms with Gasteiger partial charge in [0, 0.05) is 18.2 Å². The van der Waals surface area contributed by atoms with E-state index in [9.17, 15) is 9.59 Å². The summed E-state index contributed by atoms with van der Waals surface area (Å²) in [6.45, 7) is 0.0837. The van der Waals surface area contributed by atoms with E-state index in [0.29, 0.717) is 16.0 Å². The summed E-state index contributed by atoms with van der Waals surface area (Å²) in [7, 11) is 1.57. The molecule has 1 amide bonds. The van der Waals surface area contributed by atoms with E-state index in [1.165, 1.54) is 11.3 Å². The van der Waals surface area contributed by atoms with Gasteiger partial charge in [0.15, 0.2) is 0 Å². The van der Waals surface area contributed by atoms with Crippen molar-refractivity contribution in [1.82, 2.24) is 5.32 Å². The summed E-state index contributed by atoms with van der Waals surface area (Å²) in [6, 6.07) is 10.5. The lowest BCUT2D eigenvalue weighted by Crippen LogP contribution is -2.20. The molecule has 1 aromatic heterocycles. The van der Waals surface area contributed by atoms with Gasteiger partial charge in [-0.3, -0.25) is 4.79 Å². The molecule has 0 fully saturated rings. The zero-order valence-corrected chi connectivity index (χ0v) is 11.2. The van der Waals surface area contributed by atoms with Crippen LogP contribution >= 0.6 is 11.3 Å². The quantitative estimate of drug-likeness (QED) is 0.872. The SMILES string of the molecule is CNC(=O)c1ccccc1COC(=O)c1cccs1. The smallest absolute Gasteiger partial charge is 0.348 e. The minimum Gasteiger partial charge on any atom is -0.457 e. The molecular weight excluding hydrogens is 262 g/mol. The Hall–Kier alpha value is -2.14. The van der Waals surface area contributed by atoms with Gasteiger partial charge in [0.05, 0.1) is 0 Å². The number of rotatable bonds is 4. The van der Waals surface area contributed by atoms with Gasteiger partial charge in [0.25, 0.3) is 5.91 Å². The molecule has 1 heterocycles. The van der Waals surface area contributed by atoms with Crippen LogP contribution in [-0.2, 0) is 11.3 Å². The first kappa shape index (κ1) is 13.3. The van der Waals surface area contributed by atoms with Gasteiger partial charge in [-0.05, 0) is 17.5 Å². The van der Waals surface area contributed by atoms with Crippen LogP contribution < -0.4 is 5.32 Å². The second kappa shape index (κ2) is 6.15. The van der Waals surface area contributed by atoms with Crippen molar-refractivity contribution in [2.45, 2.75) is 6.61 Å². The average molecular weight is 275 g/mol. The molecule has 0 bridgehead atoms. The maximum absolute atomic E-state index is 11.7. The standard InChI is InChI=1S/C14H13NO3S/c1-15-13(16)11-6-3-2-5-10(11)9-18-14(17)12-7-4-8-19-12/h2-8H,9H2,1H3,(H,15,16). The molecule has 0 saturated carbocycles. The van der Waals surface area contributed by atoms with Gasteiger partial charge in [-0.2, -0.15) is 0 Å². The van der Waals surface area contributed by atoms with Crippen LogP contribution in [-0.4, -0.2) is 18.9 Å². The third kappa shape index (κ3) is 3.20. The normalized spacial score (nSPS) is 9.95. The fraction of sp³-hybridized carbons (Fsp3) is 0.143. The van der Waals surface area contributed by atoms with Crippen LogP contribution in [0.15, 0.2) is 41.8 Å². The highest BCUT2D eigenvalue weighted by molar-refractivity contribution is 7.11. The Kier molecular flexibility index (Phi) is 4.30. The summed E-state index contributed by atoms with van der Waals surface area (Å²) < 4.78 is 5.20. The summed E-state index contributed by atoms with van der Waals surface area (Å²) in [6.07, 6.45) is 0. The molecule has 0 aliphatic heterocycles. The van der Waals surface area contributed by atoms with Crippen LogP contribution in [0.25, 0.3) is 0 Å². The van der Waals surface area contributed by atoms with Crippen molar-refractivity contribution >= 4 is 23.2 Å². The number of nitrogens with one attached hydrogen (secondary N) is 1. The summed E-state index contributed by atoms with van der Waals surface area (Å²) in [4.78, 5) is 23.9. The molecule has 1 aromatic carbocycles. The fourth-order valence-electron chi connectivity index (χ4n) is 1.61. The van der Waals surface area contributed by atoms with E-state index in [1.807, 2.05) is 5.38 Å². The van der Waals surface area contributed by atoms with Crippen molar-refractivity contribution in [3.8, 4) is 0 Å². The Bertz CT molecular complexity index is 578. The summed E-state index contributed by atoms with van der Waals surface area (Å²) in [5, 5.41) is 4.37. The number of carbonyl (C=O) groups excluding carboxylic acids is 2. The molecule has 0 aliphatic rings. The van der Waals surface area contributed by atoms with Gasteiger partial charge in [-0.1, -0.05) is 24.3 Å². The zero-order valence-electron chi connectivity index (χ0n) is 10.4. The van der Waals surface area contributed by atoms with E-state index in [2.05, 4.69) is 5.32 Å². The molecule has 0 saturated heterocycles. The molecule has 2 aromatic rings. The van der Waals surface area contributed by atoms with Crippen LogP contribution in [0.3, 0.4) is 0 Å². The van der Waals surface area contributed by atoms with Gasteiger partial charge in [-0.15, -0.1) is 11.3 Å². The number of benzene rings is 1. The molecule has 98 valence electrons. The summed E-state index contributed by atoms with van der Waals surface area (Å²) >= 11 is 1.33. The van der Waals surface area contributed by atoms with Crippen molar-refractivity contribution in [2.75, 3.05) is 7.05 Å². The van der Waals surface area contributed by atoms with E-state index < -0.39 is 0 Å². The van der Waals surface area contributed by atoms with Crippen LogP contribution in [0.2, 0.25) is 0 Å². The minimum absolute atomic E-state index is 0.0837. The predicted octanol–water partition coefficient (Wildman–Crippen LogP) is 2.46. The van der Waals surface area contributed by atoms with Gasteiger partial charge in [0.1, 0.15) is 11.5 Å². The van der Waals surface area contributed by atoms with Crippen molar-refractivity contribution < 1.29 is 14.3 Å². The molecule has 4 nitrogen and oxygen atoms in total. The lowest BCUT2D eigenvalue weighted by atomic mass is 10.1. The van der Waals surface area contributed by atoms with Gasteiger partial charge in [0.2, 0.25) is 0 Å². The lowest BCUT2D eigenvalue weighted by molar-refractivity contribution is 0.0476. The number of esters is 1. The third-order valence-electron chi connectivity index (χ3n) is 2.57. The Morgan fingerprint density at radius 3 is 2.68 bits per heavy atom. The second-order valence-corrected chi connectivity index (χ2v) is 4.74. The largest absolute Gasteiger partial charge is 0.457 e. The Labute approximate surface area is 115 Å². The van der Waals surface area contributed by atoms with E-state index >= 15 is 0 Å². The topological polar surface area (TPSA) is 55.4 Å². The highest BCUT2D eigenvalue weighted by Gasteiger charge is 2.12. The van der Waals surface area contributed by atoms with E-state index in [0.717, 1.165) is 0 Å². The van der Waals surface area contributed by atoms with E-state index in [4.69, 9.17) is 4.74 Å². The summed E-state index contributed by atoms with van der Waals surface area (Å²) in [5.41, 5.74) is 1.20. The predicted molar refractivity (Wildman–Crippen MR) is 73.3 cm³/mol. The van der Waals surface area contributed by atoms with Gasteiger partial charge >= 0.3 is 5.97 Å². The molecule has 1 N–H and O–H groups in total. The molecule has 0 spiro atoms. The Morgan fingerprint density at radius 1 is 1.21 bits per heavy atom. The number of thiophene rings is 1. The number of carbonyl (C=O) groups is 2.